The van der Waals surface area contributed by atoms with Crippen LogP contribution in [-0.2, 0) is 0 Å². The standard InChI is InChI=1S/C13H20N2O/c1-10(14)13-11(15-8-3-4-9-15)6-5-7-12(13)16-2/h5-7,10H,3-4,8-9,14H2,1-2H3/t10-/m1/s1. The largest absolute Gasteiger partial charge is 0.496 e. The Bertz CT molecular complexity index is 357. The van der Waals surface area contributed by atoms with Crippen molar-refractivity contribution >= 4 is 5.69 Å². The number of nitrogens with zero attached hydrogens (tertiary/aromatic N) is 1. The Labute approximate surface area is 97.2 Å². The summed E-state index contributed by atoms with van der Waals surface area (Å²) in [5.74, 6) is 0.902. The first-order chi connectivity index (χ1) is 7.74. The maximum absolute atomic E-state index is 6.05. The van der Waals surface area contributed by atoms with Crippen LogP contribution in [0.1, 0.15) is 31.4 Å². The van der Waals surface area contributed by atoms with Crippen LogP contribution in [0.4, 0.5) is 5.69 Å². The van der Waals surface area contributed by atoms with E-state index in [-0.39, 0.29) is 6.04 Å². The van der Waals surface area contributed by atoms with Crippen LogP contribution in [0.25, 0.3) is 0 Å². The fraction of sp³-hybridized carbons (Fsp3) is 0.538. The van der Waals surface area contributed by atoms with Crippen LogP contribution < -0.4 is 15.4 Å². The highest BCUT2D eigenvalue weighted by Crippen LogP contribution is 2.34. The molecule has 1 atom stereocenters. The van der Waals surface area contributed by atoms with Crippen LogP contribution in [0.3, 0.4) is 0 Å². The first-order valence-electron chi connectivity index (χ1n) is 5.91. The lowest BCUT2D eigenvalue weighted by molar-refractivity contribution is 0.407. The summed E-state index contributed by atoms with van der Waals surface area (Å²) in [6, 6.07) is 6.18. The third kappa shape index (κ3) is 2.00. The van der Waals surface area contributed by atoms with Gasteiger partial charge in [0.15, 0.2) is 0 Å². The van der Waals surface area contributed by atoms with E-state index < -0.39 is 0 Å². The number of methoxy groups -OCH3 is 1. The summed E-state index contributed by atoms with van der Waals surface area (Å²) in [5, 5.41) is 0. The van der Waals surface area contributed by atoms with Gasteiger partial charge in [0.05, 0.1) is 7.11 Å². The molecule has 0 unspecified atom stereocenters. The van der Waals surface area contributed by atoms with Gasteiger partial charge in [-0.1, -0.05) is 6.07 Å². The first-order valence-corrected chi connectivity index (χ1v) is 5.91. The third-order valence-corrected chi connectivity index (χ3v) is 3.17. The Hall–Kier alpha value is -1.22. The van der Waals surface area contributed by atoms with Crippen molar-refractivity contribution in [2.45, 2.75) is 25.8 Å². The number of nitrogens with two attached hydrogens (primary N) is 1. The lowest BCUT2D eigenvalue weighted by Crippen LogP contribution is -2.21. The summed E-state index contributed by atoms with van der Waals surface area (Å²) >= 11 is 0. The second-order valence-corrected chi connectivity index (χ2v) is 4.38. The van der Waals surface area contributed by atoms with E-state index in [1.54, 1.807) is 7.11 Å². The highest BCUT2D eigenvalue weighted by molar-refractivity contribution is 5.61. The van der Waals surface area contributed by atoms with Gasteiger partial charge in [-0.15, -0.1) is 0 Å². The van der Waals surface area contributed by atoms with Gasteiger partial charge in [-0.05, 0) is 31.9 Å². The SMILES string of the molecule is COc1cccc(N2CCCC2)c1[C@@H](C)N. The lowest BCUT2D eigenvalue weighted by Gasteiger charge is -2.24. The number of benzene rings is 1. The van der Waals surface area contributed by atoms with Crippen molar-refractivity contribution in [3.8, 4) is 5.75 Å². The summed E-state index contributed by atoms with van der Waals surface area (Å²) in [4.78, 5) is 2.40. The van der Waals surface area contributed by atoms with E-state index in [1.165, 1.54) is 18.5 Å². The summed E-state index contributed by atoms with van der Waals surface area (Å²) in [6.07, 6.45) is 2.55. The van der Waals surface area contributed by atoms with Gasteiger partial charge >= 0.3 is 0 Å². The lowest BCUT2D eigenvalue weighted by atomic mass is 10.0. The minimum atomic E-state index is 0.00625. The van der Waals surface area contributed by atoms with Gasteiger partial charge in [0, 0.05) is 30.4 Å². The van der Waals surface area contributed by atoms with Gasteiger partial charge in [0.2, 0.25) is 0 Å². The monoisotopic (exact) mass is 220 g/mol. The van der Waals surface area contributed by atoms with Crippen molar-refractivity contribution in [3.63, 3.8) is 0 Å². The van der Waals surface area contributed by atoms with Gasteiger partial charge in [-0.25, -0.2) is 0 Å². The molecule has 0 saturated carbocycles. The van der Waals surface area contributed by atoms with Gasteiger partial charge in [-0.3, -0.25) is 0 Å². The number of hydrogen-bond acceptors (Lipinski definition) is 3. The molecule has 0 bridgehead atoms. The average Bonchev–Trinajstić information content (AvgIpc) is 2.81. The van der Waals surface area contributed by atoms with Gasteiger partial charge in [0.1, 0.15) is 5.75 Å². The second kappa shape index (κ2) is 4.74. The molecule has 1 heterocycles. The van der Waals surface area contributed by atoms with Crippen LogP contribution in [-0.4, -0.2) is 20.2 Å². The molecule has 1 aliphatic heterocycles. The topological polar surface area (TPSA) is 38.5 Å². The van der Waals surface area contributed by atoms with E-state index in [9.17, 15) is 0 Å². The van der Waals surface area contributed by atoms with Crippen molar-refractivity contribution in [1.29, 1.82) is 0 Å². The molecule has 0 aromatic heterocycles. The number of ether oxygens (including phenoxy) is 1. The van der Waals surface area contributed by atoms with Crippen molar-refractivity contribution < 1.29 is 4.74 Å². The fourth-order valence-corrected chi connectivity index (χ4v) is 2.40. The van der Waals surface area contributed by atoms with E-state index in [1.807, 2.05) is 19.1 Å². The first kappa shape index (κ1) is 11.3. The zero-order chi connectivity index (χ0) is 11.5. The molecular weight excluding hydrogens is 200 g/mol. The van der Waals surface area contributed by atoms with Crippen molar-refractivity contribution in [2.75, 3.05) is 25.1 Å². The molecule has 1 saturated heterocycles. The predicted molar refractivity (Wildman–Crippen MR) is 67.0 cm³/mol. The zero-order valence-electron chi connectivity index (χ0n) is 10.1. The summed E-state index contributed by atoms with van der Waals surface area (Å²) in [7, 11) is 1.70. The Morgan fingerprint density at radius 3 is 2.56 bits per heavy atom. The normalized spacial score (nSPS) is 17.6. The van der Waals surface area contributed by atoms with E-state index in [2.05, 4.69) is 11.0 Å². The van der Waals surface area contributed by atoms with E-state index in [4.69, 9.17) is 10.5 Å². The van der Waals surface area contributed by atoms with Crippen LogP contribution >= 0.6 is 0 Å². The molecule has 2 rings (SSSR count). The summed E-state index contributed by atoms with van der Waals surface area (Å²) in [6.45, 7) is 4.27. The maximum Gasteiger partial charge on any atom is 0.125 e. The molecule has 3 heteroatoms. The quantitative estimate of drug-likeness (QED) is 0.849. The molecule has 1 aromatic carbocycles. The van der Waals surface area contributed by atoms with Crippen LogP contribution in [0, 0.1) is 0 Å². The predicted octanol–water partition coefficient (Wildman–Crippen LogP) is 2.32. The third-order valence-electron chi connectivity index (χ3n) is 3.17. The van der Waals surface area contributed by atoms with E-state index in [0.717, 1.165) is 24.4 Å². The summed E-state index contributed by atoms with van der Waals surface area (Å²) in [5.41, 5.74) is 8.43. The number of anilines is 1. The molecule has 16 heavy (non-hydrogen) atoms. The van der Waals surface area contributed by atoms with Crippen LogP contribution in [0.5, 0.6) is 5.75 Å². The average molecular weight is 220 g/mol. The van der Waals surface area contributed by atoms with Gasteiger partial charge in [-0.2, -0.15) is 0 Å². The van der Waals surface area contributed by atoms with Crippen LogP contribution in [0.2, 0.25) is 0 Å². The van der Waals surface area contributed by atoms with Crippen molar-refractivity contribution in [1.82, 2.24) is 0 Å². The zero-order valence-corrected chi connectivity index (χ0v) is 10.1. The molecule has 0 spiro atoms. The molecule has 1 fully saturated rings. The Kier molecular flexibility index (Phi) is 3.34. The van der Waals surface area contributed by atoms with Gasteiger partial charge in [0.25, 0.3) is 0 Å². The fourth-order valence-electron chi connectivity index (χ4n) is 2.40. The second-order valence-electron chi connectivity index (χ2n) is 4.38. The smallest absolute Gasteiger partial charge is 0.125 e. The van der Waals surface area contributed by atoms with Crippen molar-refractivity contribution in [2.24, 2.45) is 5.73 Å². The summed E-state index contributed by atoms with van der Waals surface area (Å²) < 4.78 is 5.40. The Morgan fingerprint density at radius 1 is 1.31 bits per heavy atom. The molecule has 2 N–H and O–H groups in total. The minimum absolute atomic E-state index is 0.00625. The Morgan fingerprint density at radius 2 is 2.00 bits per heavy atom. The van der Waals surface area contributed by atoms with E-state index >= 15 is 0 Å². The van der Waals surface area contributed by atoms with Crippen LogP contribution in [0.15, 0.2) is 18.2 Å². The molecule has 88 valence electrons. The molecule has 0 aliphatic carbocycles. The Balaban J connectivity index is 2.42. The molecule has 1 aliphatic rings. The molecule has 1 aromatic rings. The highest BCUT2D eigenvalue weighted by atomic mass is 16.5. The van der Waals surface area contributed by atoms with Crippen molar-refractivity contribution in [3.05, 3.63) is 23.8 Å². The minimum Gasteiger partial charge on any atom is -0.496 e. The molecular formula is C13H20N2O. The highest BCUT2D eigenvalue weighted by Gasteiger charge is 2.20. The number of rotatable bonds is 3. The molecule has 0 amide bonds. The number of hydrogen-bond donors (Lipinski definition) is 1. The maximum atomic E-state index is 6.05. The molecule has 0 radical (unpaired) electrons. The molecule has 3 nitrogen and oxygen atoms in total. The van der Waals surface area contributed by atoms with E-state index in [0.29, 0.717) is 0 Å². The van der Waals surface area contributed by atoms with Gasteiger partial charge < -0.3 is 15.4 Å².